The molecule has 0 bridgehead atoms. The lowest BCUT2D eigenvalue weighted by molar-refractivity contribution is -0.115. The van der Waals surface area contributed by atoms with Gasteiger partial charge in [0.15, 0.2) is 11.6 Å². The minimum atomic E-state index is -1.31. The summed E-state index contributed by atoms with van der Waals surface area (Å²) in [5.74, 6) is -4.17. The smallest absolute Gasteiger partial charge is 0.237 e. The molecule has 21 heavy (non-hydrogen) atoms. The Labute approximate surface area is 125 Å². The Bertz CT molecular complexity index is 649. The highest BCUT2D eigenvalue weighted by Gasteiger charge is 2.18. The van der Waals surface area contributed by atoms with E-state index in [1.807, 2.05) is 30.3 Å². The van der Waals surface area contributed by atoms with Crippen molar-refractivity contribution in [2.45, 2.75) is 11.7 Å². The number of halogens is 3. The van der Waals surface area contributed by atoms with Crippen LogP contribution in [0.2, 0.25) is 0 Å². The molecule has 1 atom stereocenters. The van der Waals surface area contributed by atoms with Crippen molar-refractivity contribution in [3.63, 3.8) is 0 Å². The van der Waals surface area contributed by atoms with E-state index in [1.54, 1.807) is 0 Å². The number of rotatable bonds is 4. The molecule has 0 aliphatic heterocycles. The Morgan fingerprint density at radius 3 is 2.33 bits per heavy atom. The maximum Gasteiger partial charge on any atom is 0.237 e. The van der Waals surface area contributed by atoms with Gasteiger partial charge in [0.1, 0.15) is 5.82 Å². The van der Waals surface area contributed by atoms with Crippen molar-refractivity contribution in [1.29, 1.82) is 0 Å². The summed E-state index contributed by atoms with van der Waals surface area (Å²) in [6.07, 6.45) is 0.334. The summed E-state index contributed by atoms with van der Waals surface area (Å²) < 4.78 is 39.3. The van der Waals surface area contributed by atoms with Crippen LogP contribution in [-0.2, 0) is 11.2 Å². The van der Waals surface area contributed by atoms with Crippen LogP contribution in [0.4, 0.5) is 18.9 Å². The van der Waals surface area contributed by atoms with Crippen molar-refractivity contribution in [3.05, 3.63) is 65.5 Å². The average molecular weight is 311 g/mol. The normalized spacial score (nSPS) is 12.0. The number of anilines is 1. The third kappa shape index (κ3) is 4.01. The van der Waals surface area contributed by atoms with Gasteiger partial charge in [0.25, 0.3) is 0 Å². The van der Waals surface area contributed by atoms with Crippen LogP contribution >= 0.6 is 12.6 Å². The van der Waals surface area contributed by atoms with Crippen LogP contribution in [0.15, 0.2) is 42.5 Å². The average Bonchev–Trinajstić information content (AvgIpc) is 2.45. The van der Waals surface area contributed by atoms with Gasteiger partial charge in [0.05, 0.1) is 10.9 Å². The first-order chi connectivity index (χ1) is 9.97. The second-order valence-corrected chi connectivity index (χ2v) is 5.06. The molecule has 0 fully saturated rings. The first kappa shape index (κ1) is 15.4. The van der Waals surface area contributed by atoms with Crippen molar-refractivity contribution in [2.75, 3.05) is 5.32 Å². The minimum absolute atomic E-state index is 0.334. The molecule has 1 unspecified atom stereocenters. The van der Waals surface area contributed by atoms with Crippen LogP contribution in [-0.4, -0.2) is 11.2 Å². The lowest BCUT2D eigenvalue weighted by atomic mass is 10.1. The van der Waals surface area contributed by atoms with Crippen molar-refractivity contribution < 1.29 is 18.0 Å². The maximum absolute atomic E-state index is 13.4. The molecule has 2 aromatic carbocycles. The zero-order valence-corrected chi connectivity index (χ0v) is 11.7. The summed E-state index contributed by atoms with van der Waals surface area (Å²) in [6.45, 7) is 0. The van der Waals surface area contributed by atoms with Gasteiger partial charge in [0, 0.05) is 12.1 Å². The van der Waals surface area contributed by atoms with Crippen LogP contribution in [0.3, 0.4) is 0 Å². The fourth-order valence-corrected chi connectivity index (χ4v) is 2.04. The fourth-order valence-electron chi connectivity index (χ4n) is 1.76. The molecular weight excluding hydrogens is 299 g/mol. The molecule has 0 spiro atoms. The molecule has 2 nitrogen and oxygen atoms in total. The Kier molecular flexibility index (Phi) is 4.90. The minimum Gasteiger partial charge on any atom is -0.323 e. The Morgan fingerprint density at radius 1 is 1.05 bits per heavy atom. The predicted octanol–water partition coefficient (Wildman–Crippen LogP) is 3.58. The van der Waals surface area contributed by atoms with Crippen LogP contribution in [0, 0.1) is 17.5 Å². The molecule has 110 valence electrons. The van der Waals surface area contributed by atoms with E-state index in [2.05, 4.69) is 17.9 Å². The zero-order chi connectivity index (χ0) is 15.4. The van der Waals surface area contributed by atoms with E-state index in [1.165, 1.54) is 0 Å². The molecule has 0 saturated heterocycles. The van der Waals surface area contributed by atoms with Gasteiger partial charge in [-0.05, 0) is 12.0 Å². The first-order valence-electron chi connectivity index (χ1n) is 6.15. The third-order valence-electron chi connectivity index (χ3n) is 2.84. The molecule has 2 rings (SSSR count). The van der Waals surface area contributed by atoms with E-state index in [0.29, 0.717) is 18.6 Å². The van der Waals surface area contributed by atoms with Crippen molar-refractivity contribution in [1.82, 2.24) is 0 Å². The van der Waals surface area contributed by atoms with E-state index in [9.17, 15) is 18.0 Å². The molecule has 0 aliphatic rings. The number of benzene rings is 2. The van der Waals surface area contributed by atoms with Crippen molar-refractivity contribution in [3.8, 4) is 0 Å². The number of hydrogen-bond acceptors (Lipinski definition) is 2. The van der Waals surface area contributed by atoms with E-state index in [0.717, 1.165) is 5.56 Å². The number of carbonyl (C=O) groups is 1. The van der Waals surface area contributed by atoms with Gasteiger partial charge in [0.2, 0.25) is 5.91 Å². The molecule has 1 N–H and O–H groups in total. The van der Waals surface area contributed by atoms with Crippen molar-refractivity contribution in [2.24, 2.45) is 0 Å². The Morgan fingerprint density at radius 2 is 1.67 bits per heavy atom. The Balaban J connectivity index is 2.06. The molecule has 0 heterocycles. The van der Waals surface area contributed by atoms with E-state index >= 15 is 0 Å². The standard InChI is InChI=1S/C15H12F3NOS/c16-10-7-12(18)13(8-11(10)17)19-15(20)14(21)6-9-4-2-1-3-5-9/h1-5,7-8,14,21H,6H2,(H,19,20). The second-order valence-electron chi connectivity index (χ2n) is 4.44. The second kappa shape index (κ2) is 6.67. The highest BCUT2D eigenvalue weighted by atomic mass is 32.1. The quantitative estimate of drug-likeness (QED) is 0.656. The molecule has 0 saturated carbocycles. The van der Waals surface area contributed by atoms with Gasteiger partial charge in [-0.25, -0.2) is 13.2 Å². The van der Waals surface area contributed by atoms with E-state index in [-0.39, 0.29) is 0 Å². The summed E-state index contributed by atoms with van der Waals surface area (Å²) in [5, 5.41) is 1.47. The number of thiol groups is 1. The summed E-state index contributed by atoms with van der Waals surface area (Å²) >= 11 is 4.14. The predicted molar refractivity (Wildman–Crippen MR) is 77.9 cm³/mol. The molecule has 2 aromatic rings. The summed E-state index contributed by atoms with van der Waals surface area (Å²) in [5.41, 5.74) is 0.476. The van der Waals surface area contributed by atoms with E-state index in [4.69, 9.17) is 0 Å². The van der Waals surface area contributed by atoms with Crippen molar-refractivity contribution >= 4 is 24.2 Å². The topological polar surface area (TPSA) is 29.1 Å². The largest absolute Gasteiger partial charge is 0.323 e. The maximum atomic E-state index is 13.4. The first-order valence-corrected chi connectivity index (χ1v) is 6.66. The summed E-state index contributed by atoms with van der Waals surface area (Å²) in [4.78, 5) is 11.9. The van der Waals surface area contributed by atoms with Gasteiger partial charge >= 0.3 is 0 Å². The van der Waals surface area contributed by atoms with Gasteiger partial charge in [-0.2, -0.15) is 12.6 Å². The fraction of sp³-hybridized carbons (Fsp3) is 0.133. The van der Waals surface area contributed by atoms with Gasteiger partial charge in [-0.1, -0.05) is 30.3 Å². The summed E-state index contributed by atoms with van der Waals surface area (Å²) in [6, 6.07) is 10.1. The number of nitrogens with one attached hydrogen (secondary N) is 1. The molecule has 0 aliphatic carbocycles. The molecule has 0 radical (unpaired) electrons. The summed E-state index contributed by atoms with van der Waals surface area (Å²) in [7, 11) is 0. The monoisotopic (exact) mass is 311 g/mol. The highest BCUT2D eigenvalue weighted by Crippen LogP contribution is 2.19. The zero-order valence-electron chi connectivity index (χ0n) is 10.8. The van der Waals surface area contributed by atoms with E-state index < -0.39 is 34.3 Å². The Hall–Kier alpha value is -1.95. The van der Waals surface area contributed by atoms with Crippen LogP contribution in [0.5, 0.6) is 0 Å². The van der Waals surface area contributed by atoms with Crippen LogP contribution in [0.25, 0.3) is 0 Å². The SMILES string of the molecule is O=C(Nc1cc(F)c(F)cc1F)C(S)Cc1ccccc1. The van der Waals surface area contributed by atoms with Gasteiger partial charge in [-0.3, -0.25) is 4.79 Å². The lowest BCUT2D eigenvalue weighted by Crippen LogP contribution is -2.25. The highest BCUT2D eigenvalue weighted by molar-refractivity contribution is 7.81. The lowest BCUT2D eigenvalue weighted by Gasteiger charge is -2.12. The molecule has 0 aromatic heterocycles. The molecular formula is C15H12F3NOS. The van der Waals surface area contributed by atoms with Gasteiger partial charge in [-0.15, -0.1) is 0 Å². The van der Waals surface area contributed by atoms with Crippen LogP contribution in [0.1, 0.15) is 5.56 Å². The van der Waals surface area contributed by atoms with Gasteiger partial charge < -0.3 is 5.32 Å². The number of amides is 1. The molecule has 1 amide bonds. The third-order valence-corrected chi connectivity index (χ3v) is 3.26. The number of carbonyl (C=O) groups excluding carboxylic acids is 1. The molecule has 6 heteroatoms. The van der Waals surface area contributed by atoms with Crippen LogP contribution < -0.4 is 5.32 Å². The number of hydrogen-bond donors (Lipinski definition) is 2.